The van der Waals surface area contributed by atoms with Crippen molar-refractivity contribution < 1.29 is 23.6 Å². The fraction of sp³-hybridized carbons (Fsp3) is 0.304. The number of rotatable bonds is 7. The van der Waals surface area contributed by atoms with Crippen LogP contribution in [0.5, 0.6) is 0 Å². The van der Waals surface area contributed by atoms with E-state index in [2.05, 4.69) is 26.0 Å². The Kier molecular flexibility index (Phi) is 6.48. The number of aromatic nitrogens is 2. The number of furan rings is 1. The van der Waals surface area contributed by atoms with Crippen LogP contribution in [0.1, 0.15) is 41.9 Å². The highest BCUT2D eigenvalue weighted by atomic mass is 32.2. The number of carbonyl (C=O) groups is 4. The van der Waals surface area contributed by atoms with Gasteiger partial charge in [0.15, 0.2) is 5.16 Å². The van der Waals surface area contributed by atoms with Crippen molar-refractivity contribution in [3.63, 3.8) is 0 Å². The first-order valence-corrected chi connectivity index (χ1v) is 11.8. The average Bonchev–Trinajstić information content (AvgIpc) is 3.25. The van der Waals surface area contributed by atoms with Gasteiger partial charge in [0.2, 0.25) is 11.6 Å². The molecule has 5 amide bonds. The van der Waals surface area contributed by atoms with E-state index in [-0.39, 0.29) is 28.3 Å². The van der Waals surface area contributed by atoms with Crippen LogP contribution in [0.2, 0.25) is 0 Å². The summed E-state index contributed by atoms with van der Waals surface area (Å²) >= 11 is 0.972. The third-order valence-electron chi connectivity index (χ3n) is 5.81. The fourth-order valence-electron chi connectivity index (χ4n) is 3.47. The number of hydrazine groups is 1. The molecule has 1 aromatic carbocycles. The van der Waals surface area contributed by atoms with E-state index in [1.807, 2.05) is 13.0 Å². The van der Waals surface area contributed by atoms with Crippen molar-refractivity contribution in [2.75, 3.05) is 11.1 Å². The smallest absolute Gasteiger partial charge is 0.344 e. The van der Waals surface area contributed by atoms with E-state index >= 15 is 0 Å². The molecule has 1 saturated heterocycles. The number of benzene rings is 1. The Labute approximate surface area is 205 Å². The number of carbonyl (C=O) groups excluding carboxylic acids is 4. The predicted molar refractivity (Wildman–Crippen MR) is 129 cm³/mol. The maximum atomic E-state index is 12.7. The van der Waals surface area contributed by atoms with Crippen LogP contribution < -0.4 is 16.1 Å². The van der Waals surface area contributed by atoms with E-state index in [4.69, 9.17) is 4.42 Å². The lowest BCUT2D eigenvalue weighted by Crippen LogP contribution is -2.49. The van der Waals surface area contributed by atoms with Gasteiger partial charge >= 0.3 is 6.03 Å². The highest BCUT2D eigenvalue weighted by Crippen LogP contribution is 2.31. The number of amides is 5. The highest BCUT2D eigenvalue weighted by Gasteiger charge is 2.47. The van der Waals surface area contributed by atoms with Gasteiger partial charge in [0.05, 0.1) is 11.1 Å². The number of urea groups is 1. The van der Waals surface area contributed by atoms with Gasteiger partial charge in [0.1, 0.15) is 17.1 Å². The van der Waals surface area contributed by atoms with Crippen molar-refractivity contribution in [1.82, 2.24) is 25.7 Å². The molecule has 12 heteroatoms. The number of imide groups is 1. The van der Waals surface area contributed by atoms with Crippen molar-refractivity contribution in [2.45, 2.75) is 44.8 Å². The van der Waals surface area contributed by atoms with Crippen molar-refractivity contribution in [3.8, 4) is 0 Å². The summed E-state index contributed by atoms with van der Waals surface area (Å²) in [6.07, 6.45) is 0.381. The normalized spacial score (nSPS) is 17.5. The molecule has 182 valence electrons. The zero-order chi connectivity index (χ0) is 25.3. The standard InChI is InChI=1S/C23H24N6O5S/c1-5-23(4)20(32)29(22(33)27-23)28-15(30)11-35-21-25-17(16-12(2)13(3)34-19(16)26-21)24-18(31)14-9-7-6-8-10-14/h6-10H,5,11H2,1-4H3,(H,27,33)(H,28,30)(H,24,25,26,31). The zero-order valence-electron chi connectivity index (χ0n) is 19.6. The summed E-state index contributed by atoms with van der Waals surface area (Å²) in [4.78, 5) is 58.6. The highest BCUT2D eigenvalue weighted by molar-refractivity contribution is 7.99. The molecule has 3 N–H and O–H groups in total. The maximum absolute atomic E-state index is 12.7. The molecule has 11 nitrogen and oxygen atoms in total. The van der Waals surface area contributed by atoms with E-state index in [1.54, 1.807) is 45.0 Å². The van der Waals surface area contributed by atoms with Crippen molar-refractivity contribution in [1.29, 1.82) is 0 Å². The van der Waals surface area contributed by atoms with Gasteiger partial charge in [-0.05, 0) is 39.3 Å². The lowest BCUT2D eigenvalue weighted by Gasteiger charge is -2.19. The topological polar surface area (TPSA) is 147 Å². The summed E-state index contributed by atoms with van der Waals surface area (Å²) < 4.78 is 5.72. The van der Waals surface area contributed by atoms with Gasteiger partial charge in [0, 0.05) is 11.1 Å². The SMILES string of the molecule is CCC1(C)NC(=O)N(NC(=O)CSc2nc(NC(=O)c3ccccc3)c3c(C)c(C)oc3n2)C1=O. The molecule has 1 aliphatic rings. The molecule has 1 fully saturated rings. The molecule has 2 aromatic heterocycles. The number of hydrogen-bond donors (Lipinski definition) is 3. The van der Waals surface area contributed by atoms with Crippen LogP contribution in [0.3, 0.4) is 0 Å². The Balaban J connectivity index is 1.52. The number of nitrogens with zero attached hydrogens (tertiary/aromatic N) is 3. The Hall–Kier alpha value is -3.93. The first kappa shape index (κ1) is 24.2. The predicted octanol–water partition coefficient (Wildman–Crippen LogP) is 2.94. The molecular formula is C23H24N6O5S. The Morgan fingerprint density at radius 2 is 1.89 bits per heavy atom. The average molecular weight is 497 g/mol. The van der Waals surface area contributed by atoms with Gasteiger partial charge in [-0.25, -0.2) is 9.78 Å². The summed E-state index contributed by atoms with van der Waals surface area (Å²) in [5, 5.41) is 6.79. The van der Waals surface area contributed by atoms with Gasteiger partial charge in [0.25, 0.3) is 11.8 Å². The number of fused-ring (bicyclic) bond motifs is 1. The molecule has 3 heterocycles. The Morgan fingerprint density at radius 3 is 2.54 bits per heavy atom. The minimum Gasteiger partial charge on any atom is -0.443 e. The summed E-state index contributed by atoms with van der Waals surface area (Å²) in [5.74, 6) is -0.778. The van der Waals surface area contributed by atoms with Crippen molar-refractivity contribution in [3.05, 3.63) is 47.2 Å². The maximum Gasteiger partial charge on any atom is 0.344 e. The molecule has 35 heavy (non-hydrogen) atoms. The lowest BCUT2D eigenvalue weighted by molar-refractivity contribution is -0.137. The second kappa shape index (κ2) is 9.37. The van der Waals surface area contributed by atoms with Crippen molar-refractivity contribution in [2.24, 2.45) is 0 Å². The van der Waals surface area contributed by atoms with E-state index in [9.17, 15) is 19.2 Å². The van der Waals surface area contributed by atoms with Crippen LogP contribution >= 0.6 is 11.8 Å². The van der Waals surface area contributed by atoms with Crippen LogP contribution in [0.15, 0.2) is 39.9 Å². The van der Waals surface area contributed by atoms with E-state index in [0.29, 0.717) is 28.1 Å². The summed E-state index contributed by atoms with van der Waals surface area (Å²) in [7, 11) is 0. The number of hydrogen-bond acceptors (Lipinski definition) is 8. The van der Waals surface area contributed by atoms with E-state index < -0.39 is 23.4 Å². The summed E-state index contributed by atoms with van der Waals surface area (Å²) in [6, 6.07) is 7.99. The monoisotopic (exact) mass is 496 g/mol. The number of anilines is 1. The lowest BCUT2D eigenvalue weighted by atomic mass is 10.00. The molecule has 0 radical (unpaired) electrons. The molecule has 0 spiro atoms. The molecule has 0 saturated carbocycles. The molecular weight excluding hydrogens is 472 g/mol. The van der Waals surface area contributed by atoms with Gasteiger partial charge in [-0.3, -0.25) is 19.8 Å². The van der Waals surface area contributed by atoms with E-state index in [1.165, 1.54) is 0 Å². The molecule has 3 aromatic rings. The van der Waals surface area contributed by atoms with Crippen LogP contribution in [0.4, 0.5) is 10.6 Å². The summed E-state index contributed by atoms with van der Waals surface area (Å²) in [6.45, 7) is 6.97. The zero-order valence-corrected chi connectivity index (χ0v) is 20.4. The number of aryl methyl sites for hydroxylation is 2. The van der Waals surface area contributed by atoms with Gasteiger partial charge in [-0.1, -0.05) is 36.9 Å². The molecule has 0 bridgehead atoms. The Bertz CT molecular complexity index is 1340. The third-order valence-corrected chi connectivity index (χ3v) is 6.66. The number of thioether (sulfide) groups is 1. The fourth-order valence-corrected chi connectivity index (χ4v) is 4.09. The number of nitrogens with one attached hydrogen (secondary N) is 3. The molecule has 0 aliphatic carbocycles. The van der Waals surface area contributed by atoms with E-state index in [0.717, 1.165) is 17.3 Å². The largest absolute Gasteiger partial charge is 0.443 e. The quantitative estimate of drug-likeness (QED) is 0.257. The first-order chi connectivity index (χ1) is 16.6. The van der Waals surface area contributed by atoms with Crippen LogP contribution in [0.25, 0.3) is 11.1 Å². The van der Waals surface area contributed by atoms with Crippen molar-refractivity contribution >= 4 is 52.4 Å². The van der Waals surface area contributed by atoms with Gasteiger partial charge in [-0.15, -0.1) is 0 Å². The third kappa shape index (κ3) is 4.69. The molecule has 1 atom stereocenters. The minimum absolute atomic E-state index is 0.181. The summed E-state index contributed by atoms with van der Waals surface area (Å²) in [5.41, 5.74) is 2.77. The molecule has 1 unspecified atom stereocenters. The second-order valence-corrected chi connectivity index (χ2v) is 9.16. The minimum atomic E-state index is -1.06. The van der Waals surface area contributed by atoms with Gasteiger partial charge < -0.3 is 15.1 Å². The van der Waals surface area contributed by atoms with Crippen LogP contribution in [0, 0.1) is 13.8 Å². The molecule has 1 aliphatic heterocycles. The first-order valence-electron chi connectivity index (χ1n) is 10.9. The second-order valence-electron chi connectivity index (χ2n) is 8.22. The molecule has 4 rings (SSSR count). The van der Waals surface area contributed by atoms with Crippen LogP contribution in [-0.2, 0) is 9.59 Å². The van der Waals surface area contributed by atoms with Gasteiger partial charge in [-0.2, -0.15) is 9.99 Å². The Morgan fingerprint density at radius 1 is 1.17 bits per heavy atom. The van der Waals surface area contributed by atoms with Crippen LogP contribution in [-0.4, -0.2) is 50.0 Å².